The standard InChI is InChI=1S/C4H7NO3/c1-4(7)5(3-6)8-2/h3H,1-2H3. The Labute approximate surface area is 47.0 Å². The average Bonchev–Trinajstić information content (AvgIpc) is 1.69. The lowest BCUT2D eigenvalue weighted by atomic mass is 10.7. The molecule has 0 N–H and O–H groups in total. The van der Waals surface area contributed by atoms with Gasteiger partial charge in [0.05, 0.1) is 7.11 Å². The molecule has 0 rings (SSSR count). The summed E-state index contributed by atoms with van der Waals surface area (Å²) in [6, 6.07) is 0. The second-order valence-corrected chi connectivity index (χ2v) is 1.13. The molecule has 0 aliphatic carbocycles. The molecule has 0 aliphatic heterocycles. The van der Waals surface area contributed by atoms with Gasteiger partial charge in [-0.3, -0.25) is 14.4 Å². The molecule has 0 aromatic carbocycles. The highest BCUT2D eigenvalue weighted by molar-refractivity contribution is 5.82. The van der Waals surface area contributed by atoms with E-state index in [1.807, 2.05) is 0 Å². The fourth-order valence-electron chi connectivity index (χ4n) is 0.246. The third kappa shape index (κ3) is 1.70. The summed E-state index contributed by atoms with van der Waals surface area (Å²) in [5.41, 5.74) is 0. The molecule has 4 heteroatoms. The van der Waals surface area contributed by atoms with Crippen molar-refractivity contribution in [2.75, 3.05) is 7.11 Å². The molecule has 4 nitrogen and oxygen atoms in total. The van der Waals surface area contributed by atoms with Crippen molar-refractivity contribution in [1.82, 2.24) is 5.06 Å². The second kappa shape index (κ2) is 3.15. The monoisotopic (exact) mass is 117 g/mol. The summed E-state index contributed by atoms with van der Waals surface area (Å²) < 4.78 is 0. The van der Waals surface area contributed by atoms with Gasteiger partial charge in [-0.05, 0) is 0 Å². The van der Waals surface area contributed by atoms with Crippen LogP contribution in [0.1, 0.15) is 6.92 Å². The van der Waals surface area contributed by atoms with E-state index < -0.39 is 5.91 Å². The first-order valence-corrected chi connectivity index (χ1v) is 2.01. The molecule has 0 fully saturated rings. The van der Waals surface area contributed by atoms with Crippen molar-refractivity contribution in [3.05, 3.63) is 0 Å². The van der Waals surface area contributed by atoms with Crippen molar-refractivity contribution in [2.24, 2.45) is 0 Å². The Morgan fingerprint density at radius 1 is 1.75 bits per heavy atom. The molecular formula is C4H7NO3. The summed E-state index contributed by atoms with van der Waals surface area (Å²) in [5, 5.41) is 0.597. The molecule has 0 aromatic rings. The molecule has 2 amide bonds. The fourth-order valence-corrected chi connectivity index (χ4v) is 0.246. The molecule has 0 bridgehead atoms. The van der Waals surface area contributed by atoms with Gasteiger partial charge < -0.3 is 0 Å². The van der Waals surface area contributed by atoms with Crippen molar-refractivity contribution in [2.45, 2.75) is 6.92 Å². The molecule has 8 heavy (non-hydrogen) atoms. The zero-order chi connectivity index (χ0) is 6.57. The molecule has 46 valence electrons. The van der Waals surface area contributed by atoms with Gasteiger partial charge >= 0.3 is 0 Å². The van der Waals surface area contributed by atoms with Gasteiger partial charge in [0.15, 0.2) is 0 Å². The first kappa shape index (κ1) is 7.10. The van der Waals surface area contributed by atoms with Gasteiger partial charge in [-0.2, -0.15) is 5.06 Å². The zero-order valence-corrected chi connectivity index (χ0v) is 4.75. The van der Waals surface area contributed by atoms with Crippen LogP contribution in [-0.2, 0) is 14.4 Å². The van der Waals surface area contributed by atoms with Crippen molar-refractivity contribution in [3.8, 4) is 0 Å². The lowest BCUT2D eigenvalue weighted by molar-refractivity contribution is -0.176. The number of hydrogen-bond donors (Lipinski definition) is 0. The number of nitrogens with zero attached hydrogens (tertiary/aromatic N) is 1. The maximum Gasteiger partial charge on any atom is 0.250 e. The van der Waals surface area contributed by atoms with Gasteiger partial charge in [-0.15, -0.1) is 0 Å². The number of imide groups is 1. The SMILES string of the molecule is CON(C=O)C(C)=O. The van der Waals surface area contributed by atoms with Crippen LogP contribution < -0.4 is 0 Å². The van der Waals surface area contributed by atoms with Crippen LogP contribution in [0, 0.1) is 0 Å². The predicted octanol–water partition coefficient (Wildman–Crippen LogP) is -0.447. The van der Waals surface area contributed by atoms with Crippen LogP contribution in [0.15, 0.2) is 0 Å². The average molecular weight is 117 g/mol. The van der Waals surface area contributed by atoms with E-state index in [1.165, 1.54) is 14.0 Å². The molecule has 0 unspecified atom stereocenters. The molecule has 0 radical (unpaired) electrons. The normalized spacial score (nSPS) is 8.25. The topological polar surface area (TPSA) is 46.6 Å². The molecule has 0 atom stereocenters. The third-order valence-corrected chi connectivity index (χ3v) is 0.603. The Hall–Kier alpha value is -0.900. The van der Waals surface area contributed by atoms with E-state index in [-0.39, 0.29) is 0 Å². The molecule has 0 saturated carbocycles. The molecule has 0 saturated heterocycles. The fraction of sp³-hybridized carbons (Fsp3) is 0.500. The minimum Gasteiger partial charge on any atom is -0.276 e. The van der Waals surface area contributed by atoms with Crippen LogP contribution in [0.25, 0.3) is 0 Å². The summed E-state index contributed by atoms with van der Waals surface area (Å²) in [4.78, 5) is 24.2. The molecular weight excluding hydrogens is 110 g/mol. The van der Waals surface area contributed by atoms with Crippen LogP contribution in [0.4, 0.5) is 0 Å². The van der Waals surface area contributed by atoms with E-state index >= 15 is 0 Å². The van der Waals surface area contributed by atoms with Crippen molar-refractivity contribution >= 4 is 12.3 Å². The minimum atomic E-state index is -0.428. The van der Waals surface area contributed by atoms with E-state index in [4.69, 9.17) is 0 Å². The zero-order valence-electron chi connectivity index (χ0n) is 4.75. The first-order chi connectivity index (χ1) is 3.72. The highest BCUT2D eigenvalue weighted by Gasteiger charge is 2.02. The van der Waals surface area contributed by atoms with Crippen LogP contribution in [0.3, 0.4) is 0 Å². The number of carbonyl (C=O) groups is 2. The van der Waals surface area contributed by atoms with Crippen molar-refractivity contribution < 1.29 is 14.4 Å². The molecule has 0 aliphatic rings. The quantitative estimate of drug-likeness (QED) is 0.363. The van der Waals surface area contributed by atoms with E-state index in [0.717, 1.165) is 0 Å². The largest absolute Gasteiger partial charge is 0.276 e. The van der Waals surface area contributed by atoms with E-state index in [1.54, 1.807) is 0 Å². The Morgan fingerprint density at radius 3 is 2.25 bits per heavy atom. The number of carbonyl (C=O) groups excluding carboxylic acids is 2. The highest BCUT2D eigenvalue weighted by Crippen LogP contribution is 1.80. The summed E-state index contributed by atoms with van der Waals surface area (Å²) >= 11 is 0. The number of amides is 2. The Balaban J connectivity index is 3.69. The minimum absolute atomic E-state index is 0.308. The van der Waals surface area contributed by atoms with Crippen LogP contribution in [0.2, 0.25) is 0 Å². The van der Waals surface area contributed by atoms with Crippen molar-refractivity contribution in [3.63, 3.8) is 0 Å². The Kier molecular flexibility index (Phi) is 2.79. The summed E-state index contributed by atoms with van der Waals surface area (Å²) in [5.74, 6) is -0.428. The molecule has 0 aromatic heterocycles. The van der Waals surface area contributed by atoms with Crippen LogP contribution >= 0.6 is 0 Å². The maximum atomic E-state index is 10.2. The van der Waals surface area contributed by atoms with E-state index in [9.17, 15) is 9.59 Å². The van der Waals surface area contributed by atoms with Crippen molar-refractivity contribution in [1.29, 1.82) is 0 Å². The number of hydroxylamine groups is 2. The Morgan fingerprint density at radius 2 is 2.25 bits per heavy atom. The van der Waals surface area contributed by atoms with Gasteiger partial charge in [-0.1, -0.05) is 0 Å². The number of hydrogen-bond acceptors (Lipinski definition) is 3. The second-order valence-electron chi connectivity index (χ2n) is 1.13. The lowest BCUT2D eigenvalue weighted by Gasteiger charge is -2.06. The highest BCUT2D eigenvalue weighted by atomic mass is 16.7. The van der Waals surface area contributed by atoms with Crippen LogP contribution in [-0.4, -0.2) is 24.5 Å². The summed E-state index contributed by atoms with van der Waals surface area (Å²) in [6.07, 6.45) is 0.308. The van der Waals surface area contributed by atoms with Gasteiger partial charge in [0.1, 0.15) is 0 Å². The van der Waals surface area contributed by atoms with Gasteiger partial charge in [-0.25, -0.2) is 0 Å². The lowest BCUT2D eigenvalue weighted by Crippen LogP contribution is -2.25. The van der Waals surface area contributed by atoms with Gasteiger partial charge in [0, 0.05) is 6.92 Å². The number of rotatable bonds is 2. The van der Waals surface area contributed by atoms with Crippen LogP contribution in [0.5, 0.6) is 0 Å². The smallest absolute Gasteiger partial charge is 0.250 e. The van der Waals surface area contributed by atoms with Gasteiger partial charge in [0.25, 0.3) is 0 Å². The van der Waals surface area contributed by atoms with Gasteiger partial charge in [0.2, 0.25) is 12.3 Å². The molecule has 0 spiro atoms. The summed E-state index contributed by atoms with van der Waals surface area (Å²) in [6.45, 7) is 1.23. The van der Waals surface area contributed by atoms with E-state index in [2.05, 4.69) is 4.84 Å². The Bertz CT molecular complexity index is 101. The summed E-state index contributed by atoms with van der Waals surface area (Å²) in [7, 11) is 1.25. The molecule has 0 heterocycles. The maximum absolute atomic E-state index is 10.2. The third-order valence-electron chi connectivity index (χ3n) is 0.603. The predicted molar refractivity (Wildman–Crippen MR) is 25.6 cm³/mol. The first-order valence-electron chi connectivity index (χ1n) is 2.01. The van der Waals surface area contributed by atoms with E-state index in [0.29, 0.717) is 11.5 Å².